The molecule has 4 bridgehead atoms. The number of aliphatic hydroxyl groups is 1. The number of rotatable bonds is 1. The molecule has 6 rings (SSSR count). The van der Waals surface area contributed by atoms with Gasteiger partial charge in [0.25, 0.3) is 0 Å². The van der Waals surface area contributed by atoms with Crippen molar-refractivity contribution in [2.24, 2.45) is 41.4 Å². The Morgan fingerprint density at radius 2 is 1.29 bits per heavy atom. The molecule has 6 saturated carbocycles. The van der Waals surface area contributed by atoms with Crippen molar-refractivity contribution < 1.29 is 5.11 Å². The molecule has 1 heteroatoms. The molecule has 0 aromatic heterocycles. The monoisotopic (exact) mass is 232 g/mol. The van der Waals surface area contributed by atoms with E-state index in [1.807, 2.05) is 0 Å². The zero-order valence-corrected chi connectivity index (χ0v) is 10.6. The van der Waals surface area contributed by atoms with Gasteiger partial charge in [0.15, 0.2) is 0 Å². The summed E-state index contributed by atoms with van der Waals surface area (Å²) in [5.74, 6) is 6.12. The van der Waals surface area contributed by atoms with Crippen LogP contribution in [0, 0.1) is 41.4 Å². The van der Waals surface area contributed by atoms with Gasteiger partial charge in [0.2, 0.25) is 0 Å². The molecule has 94 valence electrons. The van der Waals surface area contributed by atoms with E-state index in [1.165, 1.54) is 51.4 Å². The molecule has 0 amide bonds. The van der Waals surface area contributed by atoms with Crippen molar-refractivity contribution in [3.63, 3.8) is 0 Å². The van der Waals surface area contributed by atoms with Crippen molar-refractivity contribution in [1.82, 2.24) is 0 Å². The summed E-state index contributed by atoms with van der Waals surface area (Å²) >= 11 is 0. The van der Waals surface area contributed by atoms with E-state index >= 15 is 0 Å². The third-order valence-corrected chi connectivity index (χ3v) is 7.36. The Balaban J connectivity index is 1.49. The van der Waals surface area contributed by atoms with Gasteiger partial charge in [-0.2, -0.15) is 0 Å². The molecule has 0 spiro atoms. The summed E-state index contributed by atoms with van der Waals surface area (Å²) in [6.45, 7) is 0. The van der Waals surface area contributed by atoms with E-state index in [0.717, 1.165) is 41.4 Å². The summed E-state index contributed by atoms with van der Waals surface area (Å²) in [5.41, 5.74) is -0.166. The van der Waals surface area contributed by atoms with Gasteiger partial charge in [-0.3, -0.25) is 0 Å². The van der Waals surface area contributed by atoms with E-state index in [4.69, 9.17) is 0 Å². The van der Waals surface area contributed by atoms with Crippen LogP contribution in [0.1, 0.15) is 51.4 Å². The molecular weight excluding hydrogens is 208 g/mol. The van der Waals surface area contributed by atoms with Crippen molar-refractivity contribution in [1.29, 1.82) is 0 Å². The van der Waals surface area contributed by atoms with Crippen LogP contribution in [0.25, 0.3) is 0 Å². The second-order valence-corrected chi connectivity index (χ2v) is 7.99. The van der Waals surface area contributed by atoms with Crippen molar-refractivity contribution >= 4 is 0 Å². The van der Waals surface area contributed by atoms with Crippen LogP contribution in [-0.2, 0) is 0 Å². The average Bonchev–Trinajstić information content (AvgIpc) is 2.71. The lowest BCUT2D eigenvalue weighted by Gasteiger charge is -2.56. The first kappa shape index (κ1) is 9.83. The minimum Gasteiger partial charge on any atom is -0.389 e. The van der Waals surface area contributed by atoms with E-state index in [0.29, 0.717) is 0 Å². The van der Waals surface area contributed by atoms with E-state index < -0.39 is 0 Å². The minimum atomic E-state index is -0.166. The number of hydrogen-bond acceptors (Lipinski definition) is 1. The summed E-state index contributed by atoms with van der Waals surface area (Å²) < 4.78 is 0. The molecule has 2 unspecified atom stereocenters. The molecule has 0 radical (unpaired) electrons. The summed E-state index contributed by atoms with van der Waals surface area (Å²) in [6, 6.07) is 0. The fourth-order valence-electron chi connectivity index (χ4n) is 7.14. The summed E-state index contributed by atoms with van der Waals surface area (Å²) in [4.78, 5) is 0. The Bertz CT molecular complexity index is 323. The van der Waals surface area contributed by atoms with Gasteiger partial charge >= 0.3 is 0 Å². The maximum atomic E-state index is 11.1. The maximum Gasteiger partial charge on any atom is 0.0744 e. The first-order valence-electron chi connectivity index (χ1n) is 7.99. The summed E-state index contributed by atoms with van der Waals surface area (Å²) in [7, 11) is 0. The third kappa shape index (κ3) is 1.07. The van der Waals surface area contributed by atoms with Crippen molar-refractivity contribution in [2.45, 2.75) is 57.0 Å². The van der Waals surface area contributed by atoms with Gasteiger partial charge in [-0.25, -0.2) is 0 Å². The molecule has 1 nitrogen and oxygen atoms in total. The molecule has 0 heterocycles. The van der Waals surface area contributed by atoms with Crippen molar-refractivity contribution in [2.75, 3.05) is 0 Å². The van der Waals surface area contributed by atoms with Gasteiger partial charge in [0, 0.05) is 0 Å². The highest BCUT2D eigenvalue weighted by Crippen LogP contribution is 2.71. The molecule has 17 heavy (non-hydrogen) atoms. The largest absolute Gasteiger partial charge is 0.389 e. The van der Waals surface area contributed by atoms with Crippen LogP contribution in [0.5, 0.6) is 0 Å². The Morgan fingerprint density at radius 3 is 1.82 bits per heavy atom. The SMILES string of the molecule is OC1(C2C3CC4CC(C3)CC2C4)C2CCCC21. The van der Waals surface area contributed by atoms with Crippen LogP contribution >= 0.6 is 0 Å². The van der Waals surface area contributed by atoms with Crippen LogP contribution < -0.4 is 0 Å². The Kier molecular flexibility index (Phi) is 1.69. The molecule has 0 aromatic carbocycles. The first-order chi connectivity index (χ1) is 8.27. The van der Waals surface area contributed by atoms with Gasteiger partial charge in [-0.05, 0) is 86.4 Å². The van der Waals surface area contributed by atoms with Gasteiger partial charge < -0.3 is 5.11 Å². The highest BCUT2D eigenvalue weighted by molar-refractivity contribution is 5.21. The molecule has 6 aliphatic rings. The molecular formula is C16H24O. The fraction of sp³-hybridized carbons (Fsp3) is 1.00. The predicted octanol–water partition coefficient (Wildman–Crippen LogP) is 3.22. The standard InChI is InChI=1S/C16H24O/c17-16(13-2-1-3-14(13)16)15-11-5-9-4-10(7-11)8-12(15)6-9/h9-15,17H,1-8H2. The van der Waals surface area contributed by atoms with Crippen LogP contribution in [0.2, 0.25) is 0 Å². The Labute approximate surface area is 104 Å². The Morgan fingerprint density at radius 1 is 0.765 bits per heavy atom. The maximum absolute atomic E-state index is 11.1. The highest BCUT2D eigenvalue weighted by atomic mass is 16.3. The molecule has 0 aromatic rings. The average molecular weight is 232 g/mol. The van der Waals surface area contributed by atoms with E-state index in [2.05, 4.69) is 0 Å². The normalized spacial score (nSPS) is 67.2. The van der Waals surface area contributed by atoms with Crippen LogP contribution in [0.15, 0.2) is 0 Å². The zero-order chi connectivity index (χ0) is 11.2. The van der Waals surface area contributed by atoms with Crippen LogP contribution in [0.4, 0.5) is 0 Å². The van der Waals surface area contributed by atoms with Gasteiger partial charge in [0.05, 0.1) is 5.60 Å². The molecule has 0 saturated heterocycles. The van der Waals surface area contributed by atoms with E-state index in [9.17, 15) is 5.11 Å². The molecule has 0 aliphatic heterocycles. The van der Waals surface area contributed by atoms with Gasteiger partial charge in [0.1, 0.15) is 0 Å². The molecule has 6 fully saturated rings. The van der Waals surface area contributed by atoms with Crippen molar-refractivity contribution in [3.8, 4) is 0 Å². The molecule has 2 atom stereocenters. The number of fused-ring (bicyclic) bond motifs is 1. The quantitative estimate of drug-likeness (QED) is 0.736. The zero-order valence-electron chi connectivity index (χ0n) is 10.6. The van der Waals surface area contributed by atoms with E-state index in [1.54, 1.807) is 0 Å². The topological polar surface area (TPSA) is 20.2 Å². The van der Waals surface area contributed by atoms with Gasteiger partial charge in [-0.15, -0.1) is 0 Å². The highest BCUT2D eigenvalue weighted by Gasteiger charge is 2.72. The summed E-state index contributed by atoms with van der Waals surface area (Å²) in [6.07, 6.45) is 11.5. The first-order valence-corrected chi connectivity index (χ1v) is 7.99. The smallest absolute Gasteiger partial charge is 0.0744 e. The lowest BCUT2D eigenvalue weighted by atomic mass is 9.50. The van der Waals surface area contributed by atoms with E-state index in [-0.39, 0.29) is 5.60 Å². The molecule has 1 N–H and O–H groups in total. The van der Waals surface area contributed by atoms with Crippen molar-refractivity contribution in [3.05, 3.63) is 0 Å². The summed E-state index contributed by atoms with van der Waals surface area (Å²) in [5, 5.41) is 11.1. The third-order valence-electron chi connectivity index (χ3n) is 7.36. The van der Waals surface area contributed by atoms with Gasteiger partial charge in [-0.1, -0.05) is 6.42 Å². The lowest BCUT2D eigenvalue weighted by molar-refractivity contribution is -0.113. The minimum absolute atomic E-state index is 0.166. The van der Waals surface area contributed by atoms with Crippen LogP contribution in [-0.4, -0.2) is 10.7 Å². The Hall–Kier alpha value is -0.0400. The second-order valence-electron chi connectivity index (χ2n) is 7.99. The predicted molar refractivity (Wildman–Crippen MR) is 66.3 cm³/mol. The lowest BCUT2D eigenvalue weighted by Crippen LogP contribution is -2.51. The van der Waals surface area contributed by atoms with Crippen LogP contribution in [0.3, 0.4) is 0 Å². The number of hydrogen-bond donors (Lipinski definition) is 1. The molecule has 6 aliphatic carbocycles. The second kappa shape index (κ2) is 2.92. The fourth-order valence-corrected chi connectivity index (χ4v) is 7.14.